The van der Waals surface area contributed by atoms with Gasteiger partial charge in [-0.3, -0.25) is 9.59 Å². The summed E-state index contributed by atoms with van der Waals surface area (Å²) in [5.74, 6) is -1.24. The van der Waals surface area contributed by atoms with Crippen LogP contribution in [0.15, 0.2) is 12.1 Å². The van der Waals surface area contributed by atoms with Gasteiger partial charge < -0.3 is 19.7 Å². The maximum absolute atomic E-state index is 12.3. The molecule has 21 heavy (non-hydrogen) atoms. The van der Waals surface area contributed by atoms with Gasteiger partial charge in [-0.15, -0.1) is 0 Å². The zero-order valence-corrected chi connectivity index (χ0v) is 12.4. The van der Waals surface area contributed by atoms with Crippen molar-refractivity contribution >= 4 is 11.8 Å². The summed E-state index contributed by atoms with van der Waals surface area (Å²) in [5, 5.41) is 18.6. The molecule has 0 aromatic heterocycles. The minimum Gasteiger partial charge on any atom is -0.502 e. The molecule has 1 unspecified atom stereocenters. The third kappa shape index (κ3) is 4.37. The second-order valence-corrected chi connectivity index (χ2v) is 4.73. The highest BCUT2D eigenvalue weighted by molar-refractivity contribution is 5.97. The molecule has 0 aliphatic heterocycles. The number of Topliss-reactive ketones (excluding diaryl/α,β-unsaturated/α-hetero) is 1. The topological polar surface area (TPSA) is 93.1 Å². The van der Waals surface area contributed by atoms with E-state index >= 15 is 0 Å². The van der Waals surface area contributed by atoms with Gasteiger partial charge in [0.1, 0.15) is 0 Å². The van der Waals surface area contributed by atoms with Crippen LogP contribution in [-0.2, 0) is 4.79 Å². The summed E-state index contributed by atoms with van der Waals surface area (Å²) in [6.45, 7) is 1.85. The number of phenolic OH excluding ortho intramolecular Hbond substituents is 1. The van der Waals surface area contributed by atoms with Crippen molar-refractivity contribution in [1.82, 2.24) is 0 Å². The third-order valence-electron chi connectivity index (χ3n) is 3.32. The van der Waals surface area contributed by atoms with Gasteiger partial charge in [0.2, 0.25) is 5.75 Å². The minimum atomic E-state index is -0.921. The first-order chi connectivity index (χ1) is 9.92. The number of hydrogen-bond donors (Lipinski definition) is 2. The maximum Gasteiger partial charge on any atom is 0.303 e. The van der Waals surface area contributed by atoms with Crippen molar-refractivity contribution in [2.45, 2.75) is 26.2 Å². The molecule has 0 aliphatic rings. The van der Waals surface area contributed by atoms with Crippen LogP contribution in [-0.4, -0.2) is 36.2 Å². The fraction of sp³-hybridized carbons (Fsp3) is 0.467. The predicted octanol–water partition coefficient (Wildman–Crippen LogP) is 2.48. The van der Waals surface area contributed by atoms with Crippen LogP contribution >= 0.6 is 0 Å². The number of benzene rings is 1. The average molecular weight is 296 g/mol. The van der Waals surface area contributed by atoms with E-state index < -0.39 is 5.97 Å². The van der Waals surface area contributed by atoms with E-state index in [4.69, 9.17) is 14.6 Å². The third-order valence-corrected chi connectivity index (χ3v) is 3.32. The summed E-state index contributed by atoms with van der Waals surface area (Å²) in [5.41, 5.74) is 0.324. The molecular formula is C15H20O6. The van der Waals surface area contributed by atoms with Crippen LogP contribution in [0.1, 0.15) is 36.5 Å². The Kier molecular flexibility index (Phi) is 6.02. The van der Waals surface area contributed by atoms with E-state index in [1.165, 1.54) is 26.4 Å². The fourth-order valence-corrected chi connectivity index (χ4v) is 2.04. The van der Waals surface area contributed by atoms with Crippen LogP contribution in [0.3, 0.4) is 0 Å². The molecule has 0 amide bonds. The van der Waals surface area contributed by atoms with Gasteiger partial charge in [-0.1, -0.05) is 13.3 Å². The second-order valence-electron chi connectivity index (χ2n) is 4.73. The molecule has 1 aromatic carbocycles. The molecule has 6 heteroatoms. The Morgan fingerprint density at radius 3 is 2.05 bits per heavy atom. The van der Waals surface area contributed by atoms with Crippen molar-refractivity contribution in [3.05, 3.63) is 17.7 Å². The summed E-state index contributed by atoms with van der Waals surface area (Å²) in [7, 11) is 2.75. The van der Waals surface area contributed by atoms with E-state index in [0.717, 1.165) is 0 Å². The summed E-state index contributed by atoms with van der Waals surface area (Å²) in [4.78, 5) is 23.0. The number of ketones is 1. The van der Waals surface area contributed by atoms with Gasteiger partial charge in [0.05, 0.1) is 14.2 Å². The summed E-state index contributed by atoms with van der Waals surface area (Å²) < 4.78 is 10.00. The van der Waals surface area contributed by atoms with E-state index in [-0.39, 0.29) is 41.8 Å². The van der Waals surface area contributed by atoms with Crippen molar-refractivity contribution < 1.29 is 29.3 Å². The van der Waals surface area contributed by atoms with Crippen molar-refractivity contribution in [3.63, 3.8) is 0 Å². The number of carbonyl (C=O) groups excluding carboxylic acids is 1. The van der Waals surface area contributed by atoms with E-state index in [1.54, 1.807) is 0 Å². The molecule has 6 nitrogen and oxygen atoms in total. The van der Waals surface area contributed by atoms with Gasteiger partial charge >= 0.3 is 5.97 Å². The Morgan fingerprint density at radius 1 is 1.14 bits per heavy atom. The van der Waals surface area contributed by atoms with Gasteiger partial charge in [0, 0.05) is 18.4 Å². The first-order valence-corrected chi connectivity index (χ1v) is 6.62. The Labute approximate surface area is 123 Å². The van der Waals surface area contributed by atoms with Crippen molar-refractivity contribution in [1.29, 1.82) is 0 Å². The van der Waals surface area contributed by atoms with Crippen molar-refractivity contribution in [2.75, 3.05) is 14.2 Å². The lowest BCUT2D eigenvalue weighted by Crippen LogP contribution is -2.12. The molecule has 1 rings (SSSR count). The van der Waals surface area contributed by atoms with Crippen molar-refractivity contribution in [3.8, 4) is 17.2 Å². The predicted molar refractivity (Wildman–Crippen MR) is 76.2 cm³/mol. The Hall–Kier alpha value is -2.24. The monoisotopic (exact) mass is 296 g/mol. The summed E-state index contributed by atoms with van der Waals surface area (Å²) in [6, 6.07) is 2.85. The molecule has 0 saturated carbocycles. The maximum atomic E-state index is 12.3. The second kappa shape index (κ2) is 7.52. The average Bonchev–Trinajstić information content (AvgIpc) is 2.46. The lowest BCUT2D eigenvalue weighted by Gasteiger charge is -2.13. The molecule has 1 aromatic rings. The van der Waals surface area contributed by atoms with E-state index in [9.17, 15) is 14.7 Å². The van der Waals surface area contributed by atoms with Gasteiger partial charge in [0.15, 0.2) is 17.3 Å². The van der Waals surface area contributed by atoms with Crippen molar-refractivity contribution in [2.24, 2.45) is 5.92 Å². The summed E-state index contributed by atoms with van der Waals surface area (Å²) >= 11 is 0. The standard InChI is InChI=1S/C15H20O6/c1-4-9(6-14(17)18)5-11(16)10-7-12(20-2)15(19)13(8-10)21-3/h7-9,19H,4-6H2,1-3H3,(H,17,18). The largest absolute Gasteiger partial charge is 0.502 e. The molecular weight excluding hydrogens is 276 g/mol. The molecule has 0 bridgehead atoms. The van der Waals surface area contributed by atoms with Crippen LogP contribution in [0.4, 0.5) is 0 Å². The lowest BCUT2D eigenvalue weighted by atomic mass is 9.93. The van der Waals surface area contributed by atoms with Crippen LogP contribution < -0.4 is 9.47 Å². The highest BCUT2D eigenvalue weighted by atomic mass is 16.5. The van der Waals surface area contributed by atoms with Crippen LogP contribution in [0, 0.1) is 5.92 Å². The number of aromatic hydroxyl groups is 1. The molecule has 0 spiro atoms. The van der Waals surface area contributed by atoms with Gasteiger partial charge in [-0.25, -0.2) is 0 Å². The number of carboxylic acid groups (broad SMARTS) is 1. The van der Waals surface area contributed by atoms with Gasteiger partial charge in [0.25, 0.3) is 0 Å². The number of hydrogen-bond acceptors (Lipinski definition) is 5. The quantitative estimate of drug-likeness (QED) is 0.716. The lowest BCUT2D eigenvalue weighted by molar-refractivity contribution is -0.138. The number of aliphatic carboxylic acids is 1. The number of carbonyl (C=O) groups is 2. The number of phenols is 1. The highest BCUT2D eigenvalue weighted by Gasteiger charge is 2.20. The number of rotatable bonds is 8. The zero-order valence-electron chi connectivity index (χ0n) is 12.4. The first-order valence-electron chi connectivity index (χ1n) is 6.62. The Morgan fingerprint density at radius 2 is 1.67 bits per heavy atom. The van der Waals surface area contributed by atoms with E-state index in [1.807, 2.05) is 6.92 Å². The number of ether oxygens (including phenoxy) is 2. The van der Waals surface area contributed by atoms with E-state index in [2.05, 4.69) is 0 Å². The normalized spacial score (nSPS) is 11.8. The molecule has 1 atom stereocenters. The molecule has 116 valence electrons. The molecule has 0 fully saturated rings. The summed E-state index contributed by atoms with van der Waals surface area (Å²) in [6.07, 6.45) is 0.679. The van der Waals surface area contributed by atoms with Gasteiger partial charge in [-0.05, 0) is 18.1 Å². The Balaban J connectivity index is 2.98. The van der Waals surface area contributed by atoms with Crippen LogP contribution in [0.2, 0.25) is 0 Å². The Bertz CT molecular complexity index is 498. The van der Waals surface area contributed by atoms with Gasteiger partial charge in [-0.2, -0.15) is 0 Å². The molecule has 2 N–H and O–H groups in total. The van der Waals surface area contributed by atoms with Crippen LogP contribution in [0.25, 0.3) is 0 Å². The number of carboxylic acids is 1. The SMILES string of the molecule is CCC(CC(=O)O)CC(=O)c1cc(OC)c(O)c(OC)c1. The molecule has 0 aliphatic carbocycles. The highest BCUT2D eigenvalue weighted by Crippen LogP contribution is 2.37. The minimum absolute atomic E-state index is 0.0470. The first kappa shape index (κ1) is 16.8. The number of methoxy groups -OCH3 is 2. The fourth-order valence-electron chi connectivity index (χ4n) is 2.04. The van der Waals surface area contributed by atoms with E-state index in [0.29, 0.717) is 12.0 Å². The van der Waals surface area contributed by atoms with Crippen LogP contribution in [0.5, 0.6) is 17.2 Å². The zero-order chi connectivity index (χ0) is 16.0. The smallest absolute Gasteiger partial charge is 0.303 e. The molecule has 0 radical (unpaired) electrons. The molecule has 0 saturated heterocycles. The molecule has 0 heterocycles.